The van der Waals surface area contributed by atoms with Crippen LogP contribution in [0, 0.1) is 0 Å². The quantitative estimate of drug-likeness (QED) is 0.0874. The Morgan fingerprint density at radius 1 is 0.474 bits per heavy atom. The molecule has 6 rings (SSSR count). The van der Waals surface area contributed by atoms with Gasteiger partial charge in [0.25, 0.3) is 0 Å². The molecular formula is C54H58O3. The molecule has 292 valence electrons. The van der Waals surface area contributed by atoms with Gasteiger partial charge in [0, 0.05) is 10.8 Å². The maximum atomic E-state index is 7.83. The van der Waals surface area contributed by atoms with Gasteiger partial charge in [0.2, 0.25) is 0 Å². The Morgan fingerprint density at radius 3 is 1.16 bits per heavy atom. The zero-order valence-corrected chi connectivity index (χ0v) is 34.6. The smallest absolute Gasteiger partial charge is 0.127 e. The zero-order valence-electron chi connectivity index (χ0n) is 34.6. The molecule has 3 nitrogen and oxygen atoms in total. The molecule has 0 saturated carbocycles. The van der Waals surface area contributed by atoms with E-state index in [1.807, 2.05) is 72.8 Å². The molecule has 0 aliphatic rings. The van der Waals surface area contributed by atoms with E-state index in [9.17, 15) is 0 Å². The molecule has 0 spiro atoms. The van der Waals surface area contributed by atoms with Crippen LogP contribution in [0.2, 0.25) is 0 Å². The molecule has 0 fully saturated rings. The van der Waals surface area contributed by atoms with E-state index in [0.29, 0.717) is 12.8 Å². The highest BCUT2D eigenvalue weighted by atomic mass is 16.5. The van der Waals surface area contributed by atoms with Crippen LogP contribution in [0.5, 0.6) is 23.0 Å². The summed E-state index contributed by atoms with van der Waals surface area (Å²) in [4.78, 5) is 0. The van der Waals surface area contributed by atoms with Crippen molar-refractivity contribution in [2.45, 2.75) is 90.3 Å². The van der Waals surface area contributed by atoms with Crippen molar-refractivity contribution in [2.24, 2.45) is 0 Å². The molecule has 0 amide bonds. The van der Waals surface area contributed by atoms with Crippen LogP contribution in [0.4, 0.5) is 0 Å². The number of benzene rings is 6. The lowest BCUT2D eigenvalue weighted by molar-refractivity contribution is -0.0840. The fraction of sp³-hybridized carbons (Fsp3) is 0.259. The Morgan fingerprint density at radius 2 is 0.825 bits per heavy atom. The molecule has 6 aromatic carbocycles. The minimum absolute atomic E-state index is 0.195. The van der Waals surface area contributed by atoms with Crippen LogP contribution in [0.3, 0.4) is 0 Å². The Kier molecular flexibility index (Phi) is 13.3. The van der Waals surface area contributed by atoms with Crippen molar-refractivity contribution in [2.75, 3.05) is 0 Å². The average molecular weight is 755 g/mol. The fourth-order valence-corrected chi connectivity index (χ4v) is 7.70. The van der Waals surface area contributed by atoms with Crippen molar-refractivity contribution < 1.29 is 14.2 Å². The summed E-state index contributed by atoms with van der Waals surface area (Å²) in [5.41, 5.74) is 8.55. The van der Waals surface area contributed by atoms with Crippen molar-refractivity contribution in [3.63, 3.8) is 0 Å². The maximum Gasteiger partial charge on any atom is 0.127 e. The van der Waals surface area contributed by atoms with Crippen molar-refractivity contribution in [1.29, 1.82) is 0 Å². The van der Waals surface area contributed by atoms with Crippen LogP contribution >= 0.6 is 0 Å². The van der Waals surface area contributed by atoms with Gasteiger partial charge in [0.1, 0.15) is 23.0 Å². The molecule has 57 heavy (non-hydrogen) atoms. The van der Waals surface area contributed by atoms with Gasteiger partial charge in [-0.25, -0.2) is 0 Å². The molecule has 0 radical (unpaired) electrons. The summed E-state index contributed by atoms with van der Waals surface area (Å²) >= 11 is 0. The van der Waals surface area contributed by atoms with E-state index in [-0.39, 0.29) is 23.0 Å². The highest BCUT2D eigenvalue weighted by Crippen LogP contribution is 2.42. The lowest BCUT2D eigenvalue weighted by Gasteiger charge is -2.45. The molecule has 4 unspecified atom stereocenters. The zero-order chi connectivity index (χ0) is 40.4. The molecule has 0 saturated heterocycles. The summed E-state index contributed by atoms with van der Waals surface area (Å²) in [6, 6.07) is 54.8. The Bertz CT molecular complexity index is 2060. The van der Waals surface area contributed by atoms with E-state index in [1.54, 1.807) is 0 Å². The van der Waals surface area contributed by atoms with Gasteiger partial charge in [-0.15, -0.1) is 0 Å². The molecule has 6 aromatic rings. The van der Waals surface area contributed by atoms with E-state index in [2.05, 4.69) is 140 Å². The lowest BCUT2D eigenvalue weighted by atomic mass is 9.70. The van der Waals surface area contributed by atoms with Gasteiger partial charge in [-0.3, -0.25) is 0 Å². The van der Waals surface area contributed by atoms with E-state index in [4.69, 9.17) is 14.2 Å². The Labute approximate surface area is 341 Å². The third-order valence-electron chi connectivity index (χ3n) is 11.9. The van der Waals surface area contributed by atoms with E-state index in [1.165, 1.54) is 11.1 Å². The van der Waals surface area contributed by atoms with Gasteiger partial charge in [0.05, 0.1) is 12.2 Å². The van der Waals surface area contributed by atoms with Crippen LogP contribution in [0.25, 0.3) is 11.1 Å². The SMILES string of the molecule is C=C(C)c1ccc(C(C)(CC)C(Cc2cccc(Oc3ccccc3)c2)OC(Cc2cccc(Oc3ccccc3)c2)C(C)(CC)c2ccc(C(=C)C)cc2)cc1. The lowest BCUT2D eigenvalue weighted by Crippen LogP contribution is -2.48. The topological polar surface area (TPSA) is 27.7 Å². The molecule has 0 aliphatic carbocycles. The van der Waals surface area contributed by atoms with Crippen LogP contribution in [-0.4, -0.2) is 12.2 Å². The summed E-state index contributed by atoms with van der Waals surface area (Å²) in [5, 5.41) is 0. The first-order chi connectivity index (χ1) is 27.5. The van der Waals surface area contributed by atoms with Gasteiger partial charge in [-0.2, -0.15) is 0 Å². The number of ether oxygens (including phenoxy) is 3. The molecule has 3 heteroatoms. The van der Waals surface area contributed by atoms with Gasteiger partial charge in [-0.1, -0.05) is 161 Å². The molecule has 0 aromatic heterocycles. The molecule has 4 atom stereocenters. The van der Waals surface area contributed by atoms with Gasteiger partial charge >= 0.3 is 0 Å². The highest BCUT2D eigenvalue weighted by Gasteiger charge is 2.42. The first-order valence-corrected chi connectivity index (χ1v) is 20.3. The van der Waals surface area contributed by atoms with E-state index in [0.717, 1.165) is 69.2 Å². The number of hydrogen-bond acceptors (Lipinski definition) is 3. The number of para-hydroxylation sites is 2. The Hall–Kier alpha value is -5.64. The van der Waals surface area contributed by atoms with Crippen LogP contribution < -0.4 is 9.47 Å². The molecule has 0 N–H and O–H groups in total. The van der Waals surface area contributed by atoms with Crippen LogP contribution in [-0.2, 0) is 28.4 Å². The van der Waals surface area contributed by atoms with Crippen molar-refractivity contribution in [3.05, 3.63) is 204 Å². The Balaban J connectivity index is 1.44. The van der Waals surface area contributed by atoms with E-state index < -0.39 is 0 Å². The second-order valence-corrected chi connectivity index (χ2v) is 15.9. The molecule has 0 aliphatic heterocycles. The number of allylic oxidation sites excluding steroid dienone is 2. The normalized spacial score (nSPS) is 14.4. The summed E-state index contributed by atoms with van der Waals surface area (Å²) in [6.07, 6.45) is 2.77. The number of rotatable bonds is 18. The summed E-state index contributed by atoms with van der Waals surface area (Å²) < 4.78 is 20.5. The predicted molar refractivity (Wildman–Crippen MR) is 240 cm³/mol. The molecular weight excluding hydrogens is 697 g/mol. The maximum absolute atomic E-state index is 7.83. The van der Waals surface area contributed by atoms with Gasteiger partial charge in [0.15, 0.2) is 0 Å². The predicted octanol–water partition coefficient (Wildman–Crippen LogP) is 14.6. The van der Waals surface area contributed by atoms with Gasteiger partial charge in [-0.05, 0) is 121 Å². The molecule has 0 bridgehead atoms. The van der Waals surface area contributed by atoms with Crippen molar-refractivity contribution >= 4 is 11.1 Å². The monoisotopic (exact) mass is 754 g/mol. The third-order valence-corrected chi connectivity index (χ3v) is 11.9. The first-order valence-electron chi connectivity index (χ1n) is 20.3. The second-order valence-electron chi connectivity index (χ2n) is 15.9. The minimum Gasteiger partial charge on any atom is -0.457 e. The standard InChI is InChI=1S/C54H58O3/c1-9-53(7,45-31-27-43(28-32-45)39(3)4)51(37-41-19-17-25-49(35-41)55-47-21-13-11-14-22-47)57-52(54(8,10-2)46-33-29-44(30-34-46)40(5)6)38-42-20-18-26-50(36-42)56-48-23-15-12-16-24-48/h11-36,51-52H,3,5,9-10,37-38H2,1-2,4,6-8H3. The molecule has 0 heterocycles. The fourth-order valence-electron chi connectivity index (χ4n) is 7.70. The van der Waals surface area contributed by atoms with E-state index >= 15 is 0 Å². The summed E-state index contributed by atoms with van der Waals surface area (Å²) in [6.45, 7) is 21.8. The second kappa shape index (κ2) is 18.5. The van der Waals surface area contributed by atoms with Crippen LogP contribution in [0.1, 0.15) is 87.8 Å². The largest absolute Gasteiger partial charge is 0.457 e. The van der Waals surface area contributed by atoms with Crippen LogP contribution in [0.15, 0.2) is 171 Å². The highest BCUT2D eigenvalue weighted by molar-refractivity contribution is 5.62. The van der Waals surface area contributed by atoms with Crippen molar-refractivity contribution in [3.8, 4) is 23.0 Å². The summed E-state index contributed by atoms with van der Waals surface area (Å²) in [5.74, 6) is 3.25. The average Bonchev–Trinajstić information content (AvgIpc) is 3.23. The third kappa shape index (κ3) is 10.0. The summed E-state index contributed by atoms with van der Waals surface area (Å²) in [7, 11) is 0. The first kappa shape index (κ1) is 41.0. The van der Waals surface area contributed by atoms with Crippen molar-refractivity contribution in [1.82, 2.24) is 0 Å². The minimum atomic E-state index is -0.334. The number of hydrogen-bond donors (Lipinski definition) is 0. The van der Waals surface area contributed by atoms with Gasteiger partial charge < -0.3 is 14.2 Å².